The van der Waals surface area contributed by atoms with Crippen LogP contribution in [0.15, 0.2) is 9.93 Å². The first kappa shape index (κ1) is 15.2. The molecule has 9 heteroatoms. The number of amides is 2. The quantitative estimate of drug-likeness (QED) is 0.598. The Morgan fingerprint density at radius 2 is 2.05 bits per heavy atom. The zero-order valence-corrected chi connectivity index (χ0v) is 12.4. The molecule has 7 nitrogen and oxygen atoms in total. The number of carboxylic acid groups (broad SMARTS) is 1. The van der Waals surface area contributed by atoms with Crippen molar-refractivity contribution in [3.05, 3.63) is 9.93 Å². The van der Waals surface area contributed by atoms with Gasteiger partial charge < -0.3 is 15.9 Å². The molecule has 0 radical (unpaired) electrons. The lowest BCUT2D eigenvalue weighted by molar-refractivity contribution is -0.156. The molecule has 1 fully saturated rings. The van der Waals surface area contributed by atoms with E-state index in [1.807, 2.05) is 0 Å². The molecule has 2 amide bonds. The van der Waals surface area contributed by atoms with Crippen molar-refractivity contribution in [2.45, 2.75) is 30.6 Å². The third-order valence-corrected chi connectivity index (χ3v) is 5.88. The Morgan fingerprint density at radius 1 is 1.45 bits per heavy atom. The molecule has 2 rings (SSSR count). The molecule has 0 bridgehead atoms. The number of aliphatic hydroxyl groups excluding tert-OH is 1. The molecular formula is C11H14N2O5S2. The number of aliphatic hydroxyl groups is 1. The van der Waals surface area contributed by atoms with Gasteiger partial charge in [0.05, 0.1) is 21.5 Å². The van der Waals surface area contributed by atoms with Crippen LogP contribution in [0.5, 0.6) is 0 Å². The molecule has 0 saturated carbocycles. The van der Waals surface area contributed by atoms with Gasteiger partial charge in [-0.1, -0.05) is 11.8 Å². The molecule has 0 spiro atoms. The number of thioether (sulfide) groups is 2. The van der Waals surface area contributed by atoms with Crippen LogP contribution in [0, 0.1) is 5.92 Å². The van der Waals surface area contributed by atoms with Crippen molar-refractivity contribution in [2.24, 2.45) is 11.7 Å². The summed E-state index contributed by atoms with van der Waals surface area (Å²) in [6.45, 7) is 3.07. The first-order chi connectivity index (χ1) is 9.25. The van der Waals surface area contributed by atoms with E-state index < -0.39 is 40.4 Å². The van der Waals surface area contributed by atoms with E-state index in [1.165, 1.54) is 23.6 Å². The van der Waals surface area contributed by atoms with E-state index in [4.69, 9.17) is 5.73 Å². The van der Waals surface area contributed by atoms with Crippen LogP contribution in [-0.2, 0) is 14.4 Å². The molecule has 2 unspecified atom stereocenters. The van der Waals surface area contributed by atoms with Gasteiger partial charge in [0.15, 0.2) is 5.70 Å². The maximum Gasteiger partial charge on any atom is 0.354 e. The second kappa shape index (κ2) is 5.30. The van der Waals surface area contributed by atoms with Crippen LogP contribution in [0.4, 0.5) is 0 Å². The minimum absolute atomic E-state index is 0.125. The van der Waals surface area contributed by atoms with E-state index in [0.717, 1.165) is 11.8 Å². The van der Waals surface area contributed by atoms with Gasteiger partial charge in [0, 0.05) is 0 Å². The highest BCUT2D eigenvalue weighted by atomic mass is 32.2. The predicted octanol–water partition coefficient (Wildman–Crippen LogP) is -0.241. The van der Waals surface area contributed by atoms with E-state index in [1.54, 1.807) is 6.92 Å². The molecule has 4 N–H and O–H groups in total. The number of carbonyl (C=O) groups is 3. The minimum atomic E-state index is -1.23. The summed E-state index contributed by atoms with van der Waals surface area (Å²) in [6.07, 6.45) is -0.843. The third-order valence-electron chi connectivity index (χ3n) is 3.15. The van der Waals surface area contributed by atoms with Gasteiger partial charge in [-0.15, -0.1) is 11.8 Å². The van der Waals surface area contributed by atoms with Crippen molar-refractivity contribution < 1.29 is 24.6 Å². The van der Waals surface area contributed by atoms with Crippen LogP contribution in [0.3, 0.4) is 0 Å². The number of nitrogens with zero attached hydrogens (tertiary/aromatic N) is 1. The molecule has 4 atom stereocenters. The van der Waals surface area contributed by atoms with E-state index in [0.29, 0.717) is 4.24 Å². The van der Waals surface area contributed by atoms with Gasteiger partial charge in [0.1, 0.15) is 5.37 Å². The zero-order valence-electron chi connectivity index (χ0n) is 10.8. The van der Waals surface area contributed by atoms with Crippen molar-refractivity contribution in [3.63, 3.8) is 0 Å². The number of hydrogen-bond donors (Lipinski definition) is 3. The molecular weight excluding hydrogens is 304 g/mol. The number of nitrogens with two attached hydrogens (primary N) is 1. The minimum Gasteiger partial charge on any atom is -0.477 e. The molecule has 1 saturated heterocycles. The maximum atomic E-state index is 11.9. The molecule has 0 aromatic rings. The van der Waals surface area contributed by atoms with Crippen LogP contribution >= 0.6 is 23.5 Å². The zero-order chi connectivity index (χ0) is 15.2. The van der Waals surface area contributed by atoms with Gasteiger partial charge in [0.2, 0.25) is 11.8 Å². The van der Waals surface area contributed by atoms with Crippen molar-refractivity contribution in [2.75, 3.05) is 0 Å². The molecule has 2 aliphatic heterocycles. The SMILES string of the molecule is CC(SC1=C(C(=O)O)N2C(=O)[C@H](C(C)O)[C@H]2S1)C(N)=O. The van der Waals surface area contributed by atoms with E-state index in [-0.39, 0.29) is 5.70 Å². The Balaban J connectivity index is 2.26. The fraction of sp³-hybridized carbons (Fsp3) is 0.545. The molecule has 2 aliphatic rings. The number of fused-ring (bicyclic) bond motifs is 1. The average Bonchev–Trinajstić information content (AvgIpc) is 2.63. The first-order valence-corrected chi connectivity index (χ1v) is 7.63. The fourth-order valence-corrected chi connectivity index (χ4v) is 5.06. The van der Waals surface area contributed by atoms with Gasteiger partial charge in [0.25, 0.3) is 0 Å². The lowest BCUT2D eigenvalue weighted by atomic mass is 9.92. The Bertz CT molecular complexity index is 519. The monoisotopic (exact) mass is 318 g/mol. The standard InChI is InChI=1S/C11H14N2O5S2/c1-3(14)5-8(16)13-6(10(17)18)11(20-9(5)13)19-4(2)7(12)15/h3-5,9,14H,1-2H3,(H2,12,15)(H,17,18)/t3?,4?,5-,9+/m0/s1. The molecule has 20 heavy (non-hydrogen) atoms. The van der Waals surface area contributed by atoms with Crippen molar-refractivity contribution in [1.29, 1.82) is 0 Å². The van der Waals surface area contributed by atoms with Crippen LogP contribution in [0.2, 0.25) is 0 Å². The van der Waals surface area contributed by atoms with Crippen LogP contribution < -0.4 is 5.73 Å². The molecule has 2 heterocycles. The number of primary amides is 1. The second-order valence-electron chi connectivity index (χ2n) is 4.59. The normalized spacial score (nSPS) is 27.9. The lowest BCUT2D eigenvalue weighted by Crippen LogP contribution is -2.60. The number of β-lactam (4-membered cyclic amide) rings is 1. The van der Waals surface area contributed by atoms with Crippen molar-refractivity contribution in [3.8, 4) is 0 Å². The highest BCUT2D eigenvalue weighted by Gasteiger charge is 2.57. The molecule has 0 aromatic heterocycles. The highest BCUT2D eigenvalue weighted by Crippen LogP contribution is 2.54. The van der Waals surface area contributed by atoms with Crippen molar-refractivity contribution in [1.82, 2.24) is 4.90 Å². The van der Waals surface area contributed by atoms with Gasteiger partial charge in [-0.3, -0.25) is 14.5 Å². The molecule has 0 aliphatic carbocycles. The van der Waals surface area contributed by atoms with Crippen molar-refractivity contribution >= 4 is 41.3 Å². The second-order valence-corrected chi connectivity index (χ2v) is 7.32. The van der Waals surface area contributed by atoms with Gasteiger partial charge >= 0.3 is 5.97 Å². The van der Waals surface area contributed by atoms with Gasteiger partial charge in [-0.2, -0.15) is 0 Å². The summed E-state index contributed by atoms with van der Waals surface area (Å²) in [5.74, 6) is -2.80. The Morgan fingerprint density at radius 3 is 2.50 bits per heavy atom. The van der Waals surface area contributed by atoms with Crippen LogP contribution in [0.1, 0.15) is 13.8 Å². The summed E-state index contributed by atoms with van der Waals surface area (Å²) in [5.41, 5.74) is 5.04. The van der Waals surface area contributed by atoms with Gasteiger partial charge in [-0.25, -0.2) is 4.79 Å². The Kier molecular flexibility index (Phi) is 4.03. The summed E-state index contributed by atoms with van der Waals surface area (Å²) in [7, 11) is 0. The Hall–Kier alpha value is -1.19. The van der Waals surface area contributed by atoms with Crippen LogP contribution in [0.25, 0.3) is 0 Å². The summed E-state index contributed by atoms with van der Waals surface area (Å²) in [4.78, 5) is 35.5. The number of aliphatic carboxylic acids is 1. The van der Waals surface area contributed by atoms with E-state index in [2.05, 4.69) is 0 Å². The molecule has 110 valence electrons. The van der Waals surface area contributed by atoms with Gasteiger partial charge in [-0.05, 0) is 13.8 Å². The lowest BCUT2D eigenvalue weighted by Gasteiger charge is -2.43. The largest absolute Gasteiger partial charge is 0.477 e. The Labute approximate surface area is 123 Å². The summed E-state index contributed by atoms with van der Waals surface area (Å²) in [6, 6.07) is 0. The molecule has 0 aromatic carbocycles. The highest BCUT2D eigenvalue weighted by molar-refractivity contribution is 8.23. The van der Waals surface area contributed by atoms with Crippen LogP contribution in [-0.4, -0.2) is 49.6 Å². The average molecular weight is 318 g/mol. The smallest absolute Gasteiger partial charge is 0.354 e. The first-order valence-electron chi connectivity index (χ1n) is 5.87. The summed E-state index contributed by atoms with van der Waals surface area (Å²) < 4.78 is 0.380. The number of carboxylic acids is 1. The number of hydrogen-bond acceptors (Lipinski definition) is 6. The summed E-state index contributed by atoms with van der Waals surface area (Å²) in [5, 5.41) is 17.8. The predicted molar refractivity (Wildman–Crippen MR) is 74.3 cm³/mol. The third kappa shape index (κ3) is 2.29. The van der Waals surface area contributed by atoms with E-state index in [9.17, 15) is 24.6 Å². The van der Waals surface area contributed by atoms with E-state index >= 15 is 0 Å². The fourth-order valence-electron chi connectivity index (χ4n) is 2.05. The number of carbonyl (C=O) groups excluding carboxylic acids is 2. The summed E-state index contributed by atoms with van der Waals surface area (Å²) >= 11 is 2.21. The maximum absolute atomic E-state index is 11.9. The number of rotatable bonds is 5. The topological polar surface area (TPSA) is 121 Å².